The van der Waals surface area contributed by atoms with Gasteiger partial charge in [0.2, 0.25) is 5.76 Å². The minimum Gasteiger partial charge on any atom is -0.460 e. The molecule has 0 aromatic heterocycles. The molecule has 16 heavy (non-hydrogen) atoms. The van der Waals surface area contributed by atoms with Crippen LogP contribution in [0, 0.1) is 0 Å². The normalized spacial score (nSPS) is 11.0. The van der Waals surface area contributed by atoms with Gasteiger partial charge in [0.05, 0.1) is 6.61 Å². The zero-order valence-corrected chi connectivity index (χ0v) is 9.60. The first-order valence-electron chi connectivity index (χ1n) is 5.38. The zero-order chi connectivity index (χ0) is 11.8. The highest BCUT2D eigenvalue weighted by Crippen LogP contribution is 2.14. The average Bonchev–Trinajstić information content (AvgIpc) is 2.30. The molecule has 1 aromatic rings. The zero-order valence-electron chi connectivity index (χ0n) is 9.60. The summed E-state index contributed by atoms with van der Waals surface area (Å²) in [5.74, 6) is 0.457. The lowest BCUT2D eigenvalue weighted by Crippen LogP contribution is -2.12. The molecule has 0 amide bonds. The molecule has 86 valence electrons. The van der Waals surface area contributed by atoms with Crippen molar-refractivity contribution in [2.75, 3.05) is 6.61 Å². The van der Waals surface area contributed by atoms with Gasteiger partial charge in [-0.1, -0.05) is 25.1 Å². The Balaban J connectivity index is 2.73. The van der Waals surface area contributed by atoms with Gasteiger partial charge < -0.3 is 9.47 Å². The van der Waals surface area contributed by atoms with Crippen molar-refractivity contribution in [1.29, 1.82) is 0 Å². The lowest BCUT2D eigenvalue weighted by Gasteiger charge is -2.08. The van der Waals surface area contributed by atoms with Crippen LogP contribution in [0.3, 0.4) is 0 Å². The van der Waals surface area contributed by atoms with Gasteiger partial charge in [-0.05, 0) is 31.6 Å². The van der Waals surface area contributed by atoms with Gasteiger partial charge in [0.15, 0.2) is 0 Å². The lowest BCUT2D eigenvalue weighted by atomic mass is 10.3. The minimum atomic E-state index is -0.423. The summed E-state index contributed by atoms with van der Waals surface area (Å²) in [6, 6.07) is 9.18. The fraction of sp³-hybridized carbons (Fsp3) is 0.308. The number of esters is 1. The van der Waals surface area contributed by atoms with Gasteiger partial charge in [0.25, 0.3) is 0 Å². The SMILES string of the molecule is CCC=C(Oc1ccccc1)C(=O)OCC. The fourth-order valence-electron chi connectivity index (χ4n) is 1.17. The fourth-order valence-corrected chi connectivity index (χ4v) is 1.17. The number of para-hydroxylation sites is 1. The van der Waals surface area contributed by atoms with Crippen LogP contribution in [0.2, 0.25) is 0 Å². The third-order valence-corrected chi connectivity index (χ3v) is 1.84. The molecular formula is C13H16O3. The Morgan fingerprint density at radius 2 is 1.94 bits per heavy atom. The number of hydrogen-bond acceptors (Lipinski definition) is 3. The Morgan fingerprint density at radius 1 is 1.25 bits per heavy atom. The van der Waals surface area contributed by atoms with Crippen molar-refractivity contribution in [3.05, 3.63) is 42.2 Å². The van der Waals surface area contributed by atoms with Gasteiger partial charge >= 0.3 is 5.97 Å². The van der Waals surface area contributed by atoms with Crippen LogP contribution in [0.1, 0.15) is 20.3 Å². The molecule has 0 aliphatic carbocycles. The summed E-state index contributed by atoms with van der Waals surface area (Å²) in [5.41, 5.74) is 0. The van der Waals surface area contributed by atoms with Crippen molar-refractivity contribution >= 4 is 5.97 Å². The number of allylic oxidation sites excluding steroid dienone is 1. The second-order valence-electron chi connectivity index (χ2n) is 3.11. The largest absolute Gasteiger partial charge is 0.460 e. The van der Waals surface area contributed by atoms with E-state index in [2.05, 4.69) is 0 Å². The molecule has 0 atom stereocenters. The van der Waals surface area contributed by atoms with Gasteiger partial charge in [0, 0.05) is 0 Å². The van der Waals surface area contributed by atoms with E-state index in [1.165, 1.54) is 0 Å². The summed E-state index contributed by atoms with van der Waals surface area (Å²) in [4.78, 5) is 11.5. The van der Waals surface area contributed by atoms with E-state index < -0.39 is 5.97 Å². The maximum absolute atomic E-state index is 11.5. The van der Waals surface area contributed by atoms with Crippen LogP contribution in [0.4, 0.5) is 0 Å². The van der Waals surface area contributed by atoms with Gasteiger partial charge in [-0.2, -0.15) is 0 Å². The smallest absolute Gasteiger partial charge is 0.373 e. The molecule has 0 bridgehead atoms. The average molecular weight is 220 g/mol. The molecule has 0 heterocycles. The Labute approximate surface area is 95.7 Å². The van der Waals surface area contributed by atoms with Crippen molar-refractivity contribution in [2.45, 2.75) is 20.3 Å². The van der Waals surface area contributed by atoms with E-state index in [1.807, 2.05) is 25.1 Å². The van der Waals surface area contributed by atoms with E-state index in [1.54, 1.807) is 25.1 Å². The molecule has 0 radical (unpaired) electrons. The maximum atomic E-state index is 11.5. The molecule has 0 saturated heterocycles. The molecule has 0 saturated carbocycles. The Kier molecular flexibility index (Phi) is 5.12. The molecule has 1 aromatic carbocycles. The molecule has 0 fully saturated rings. The van der Waals surface area contributed by atoms with Crippen LogP contribution in [-0.4, -0.2) is 12.6 Å². The summed E-state index contributed by atoms with van der Waals surface area (Å²) in [7, 11) is 0. The molecule has 0 N–H and O–H groups in total. The van der Waals surface area contributed by atoms with Gasteiger partial charge in [0.1, 0.15) is 5.75 Å². The number of ether oxygens (including phenoxy) is 2. The van der Waals surface area contributed by atoms with Crippen LogP contribution in [-0.2, 0) is 9.53 Å². The van der Waals surface area contributed by atoms with Crippen LogP contribution in [0.15, 0.2) is 42.2 Å². The van der Waals surface area contributed by atoms with Crippen LogP contribution >= 0.6 is 0 Å². The first kappa shape index (κ1) is 12.3. The predicted octanol–water partition coefficient (Wildman–Crippen LogP) is 2.92. The molecule has 0 aliphatic rings. The topological polar surface area (TPSA) is 35.5 Å². The maximum Gasteiger partial charge on any atom is 0.373 e. The first-order chi connectivity index (χ1) is 7.77. The van der Waals surface area contributed by atoms with E-state index in [9.17, 15) is 4.79 Å². The van der Waals surface area contributed by atoms with E-state index in [0.29, 0.717) is 12.4 Å². The summed E-state index contributed by atoms with van der Waals surface area (Å²) < 4.78 is 10.4. The van der Waals surface area contributed by atoms with Crippen molar-refractivity contribution < 1.29 is 14.3 Å². The summed E-state index contributed by atoms with van der Waals surface area (Å²) in [6.45, 7) is 4.05. The van der Waals surface area contributed by atoms with Crippen molar-refractivity contribution in [1.82, 2.24) is 0 Å². The molecule has 0 aliphatic heterocycles. The van der Waals surface area contributed by atoms with E-state index in [-0.39, 0.29) is 5.76 Å². The first-order valence-corrected chi connectivity index (χ1v) is 5.38. The summed E-state index contributed by atoms with van der Waals surface area (Å²) in [6.07, 6.45) is 2.44. The lowest BCUT2D eigenvalue weighted by molar-refractivity contribution is -0.141. The third kappa shape index (κ3) is 3.77. The number of carbonyl (C=O) groups is 1. The number of benzene rings is 1. The highest BCUT2D eigenvalue weighted by Gasteiger charge is 2.12. The highest BCUT2D eigenvalue weighted by molar-refractivity contribution is 5.86. The minimum absolute atomic E-state index is 0.246. The van der Waals surface area contributed by atoms with Gasteiger partial charge in [-0.3, -0.25) is 0 Å². The van der Waals surface area contributed by atoms with Crippen molar-refractivity contribution in [2.24, 2.45) is 0 Å². The Hall–Kier alpha value is -1.77. The third-order valence-electron chi connectivity index (χ3n) is 1.84. The summed E-state index contributed by atoms with van der Waals surface area (Å²) >= 11 is 0. The molecular weight excluding hydrogens is 204 g/mol. The molecule has 3 nitrogen and oxygen atoms in total. The molecule has 1 rings (SSSR count). The molecule has 0 unspecified atom stereocenters. The van der Waals surface area contributed by atoms with Crippen LogP contribution in [0.25, 0.3) is 0 Å². The second-order valence-corrected chi connectivity index (χ2v) is 3.11. The predicted molar refractivity (Wildman–Crippen MR) is 62.1 cm³/mol. The van der Waals surface area contributed by atoms with E-state index in [0.717, 1.165) is 6.42 Å². The Bertz CT molecular complexity index is 355. The summed E-state index contributed by atoms with van der Waals surface area (Å²) in [5, 5.41) is 0. The van der Waals surface area contributed by atoms with Crippen molar-refractivity contribution in [3.8, 4) is 5.75 Å². The Morgan fingerprint density at radius 3 is 2.50 bits per heavy atom. The van der Waals surface area contributed by atoms with Crippen LogP contribution < -0.4 is 4.74 Å². The number of hydrogen-bond donors (Lipinski definition) is 0. The van der Waals surface area contributed by atoms with Gasteiger partial charge in [-0.15, -0.1) is 0 Å². The monoisotopic (exact) mass is 220 g/mol. The van der Waals surface area contributed by atoms with Crippen LogP contribution in [0.5, 0.6) is 5.75 Å². The standard InChI is InChI=1S/C13H16O3/c1-3-8-12(13(14)15-4-2)16-11-9-6-5-7-10-11/h5-10H,3-4H2,1-2H3. The van der Waals surface area contributed by atoms with Crippen molar-refractivity contribution in [3.63, 3.8) is 0 Å². The van der Waals surface area contributed by atoms with E-state index >= 15 is 0 Å². The highest BCUT2D eigenvalue weighted by atomic mass is 16.6. The number of carbonyl (C=O) groups excluding carboxylic acids is 1. The second kappa shape index (κ2) is 6.67. The number of rotatable bonds is 5. The molecule has 3 heteroatoms. The van der Waals surface area contributed by atoms with E-state index in [4.69, 9.17) is 9.47 Å². The van der Waals surface area contributed by atoms with Gasteiger partial charge in [-0.25, -0.2) is 4.79 Å². The quantitative estimate of drug-likeness (QED) is 0.435. The molecule has 0 spiro atoms.